The second-order valence-corrected chi connectivity index (χ2v) is 14.0. The van der Waals surface area contributed by atoms with E-state index in [0.717, 1.165) is 94.9 Å². The number of hydrogen-bond donors (Lipinski definition) is 3. The number of imidazole rings is 2. The van der Waals surface area contributed by atoms with Crippen molar-refractivity contribution in [3.63, 3.8) is 0 Å². The van der Waals surface area contributed by atoms with Gasteiger partial charge in [0.1, 0.15) is 41.8 Å². The molecule has 0 spiro atoms. The molecule has 0 unspecified atom stereocenters. The van der Waals surface area contributed by atoms with Crippen LogP contribution < -0.4 is 14.2 Å². The number of aryl methyl sites for hydroxylation is 3. The number of ether oxygens (including phenoxy) is 3. The Bertz CT molecular complexity index is 3130. The van der Waals surface area contributed by atoms with E-state index >= 15 is 0 Å². The molecule has 6 aromatic heterocycles. The van der Waals surface area contributed by atoms with Crippen molar-refractivity contribution in [3.05, 3.63) is 150 Å². The van der Waals surface area contributed by atoms with Gasteiger partial charge >= 0.3 is 0 Å². The fraction of sp³-hybridized carbons (Fsp3) is 0.200. The van der Waals surface area contributed by atoms with Crippen LogP contribution in [0, 0.1) is 20.8 Å². The topological polar surface area (TPSA) is 183 Å². The zero-order valence-electron chi connectivity index (χ0n) is 34.2. The van der Waals surface area contributed by atoms with E-state index < -0.39 is 0 Å². The number of aromatic amines is 2. The Morgan fingerprint density at radius 2 is 1.05 bits per heavy atom. The van der Waals surface area contributed by atoms with Crippen LogP contribution in [0.15, 0.2) is 122 Å². The minimum Gasteiger partial charge on any atom is -0.496 e. The van der Waals surface area contributed by atoms with Crippen LogP contribution in [0.4, 0.5) is 0 Å². The maximum absolute atomic E-state index is 9.69. The van der Waals surface area contributed by atoms with Gasteiger partial charge in [-0.3, -0.25) is 0 Å². The molecule has 328 valence electrons. The van der Waals surface area contributed by atoms with Gasteiger partial charge < -0.3 is 29.3 Å². The Hall–Kier alpha value is -7.84. The molecular formula is C50H54N10O4. The van der Waals surface area contributed by atoms with E-state index in [1.165, 1.54) is 12.7 Å². The van der Waals surface area contributed by atoms with E-state index in [0.29, 0.717) is 17.0 Å². The second kappa shape index (κ2) is 21.3. The molecule has 10 aromatic rings. The molecule has 6 heterocycles. The van der Waals surface area contributed by atoms with Gasteiger partial charge in [0.15, 0.2) is 11.3 Å². The van der Waals surface area contributed by atoms with Crippen LogP contribution in [-0.2, 0) is 13.2 Å². The molecule has 4 aromatic carbocycles. The minimum atomic E-state index is -0.0513. The molecule has 0 fully saturated rings. The van der Waals surface area contributed by atoms with Crippen LogP contribution in [0.25, 0.3) is 66.6 Å². The molecule has 3 N–H and O–H groups in total. The van der Waals surface area contributed by atoms with E-state index in [-0.39, 0.29) is 35.5 Å². The lowest BCUT2D eigenvalue weighted by Crippen LogP contribution is -2.03. The first kappa shape index (κ1) is 47.2. The van der Waals surface area contributed by atoms with E-state index in [1.54, 1.807) is 26.9 Å². The van der Waals surface area contributed by atoms with Gasteiger partial charge in [-0.05, 0) is 68.3 Å². The summed E-state index contributed by atoms with van der Waals surface area (Å²) in [7, 11) is 3.31. The average molecular weight is 859 g/mol. The number of pyridine rings is 2. The van der Waals surface area contributed by atoms with Crippen molar-refractivity contribution in [1.29, 1.82) is 0 Å². The summed E-state index contributed by atoms with van der Waals surface area (Å²) < 4.78 is 17.1. The van der Waals surface area contributed by atoms with E-state index in [4.69, 9.17) is 24.2 Å². The van der Waals surface area contributed by atoms with Crippen molar-refractivity contribution in [1.82, 2.24) is 49.8 Å². The van der Waals surface area contributed by atoms with Crippen molar-refractivity contribution in [2.45, 2.75) is 56.3 Å². The van der Waals surface area contributed by atoms with Crippen molar-refractivity contribution in [2.24, 2.45) is 0 Å². The van der Waals surface area contributed by atoms with E-state index in [2.05, 4.69) is 65.0 Å². The molecule has 14 heteroatoms. The lowest BCUT2D eigenvalue weighted by Gasteiger charge is -2.15. The highest BCUT2D eigenvalue weighted by molar-refractivity contribution is 5.88. The maximum atomic E-state index is 9.69. The smallest absolute Gasteiger partial charge is 0.243 e. The quantitative estimate of drug-likeness (QED) is 0.132. The lowest BCUT2D eigenvalue weighted by atomic mass is 10.0. The second-order valence-electron chi connectivity index (χ2n) is 14.0. The third-order valence-corrected chi connectivity index (χ3v) is 10.1. The van der Waals surface area contributed by atoms with Gasteiger partial charge in [0.2, 0.25) is 5.88 Å². The fourth-order valence-electron chi connectivity index (χ4n) is 7.04. The number of nitrogens with one attached hydrogen (secondary N) is 2. The van der Waals surface area contributed by atoms with Crippen LogP contribution in [-0.4, -0.2) is 69.2 Å². The number of aliphatic hydroxyl groups is 1. The molecule has 10 rings (SSSR count). The third-order valence-electron chi connectivity index (χ3n) is 10.1. The molecule has 0 aliphatic heterocycles. The maximum Gasteiger partial charge on any atom is 0.243 e. The molecule has 0 saturated carbocycles. The number of rotatable bonds is 8. The zero-order valence-corrected chi connectivity index (χ0v) is 34.2. The molecule has 0 aliphatic rings. The normalized spacial score (nSPS) is 10.4. The number of benzene rings is 4. The first-order valence-corrected chi connectivity index (χ1v) is 19.4. The number of fused-ring (bicyclic) bond motifs is 4. The van der Waals surface area contributed by atoms with Crippen molar-refractivity contribution in [3.8, 4) is 39.9 Å². The molecule has 0 aliphatic carbocycles. The summed E-state index contributed by atoms with van der Waals surface area (Å²) in [5, 5.41) is 11.8. The Kier molecular flexibility index (Phi) is 15.7. The number of nitrogens with zero attached hydrogens (tertiary/aromatic N) is 8. The highest BCUT2D eigenvalue weighted by atomic mass is 16.5. The molecule has 0 saturated heterocycles. The summed E-state index contributed by atoms with van der Waals surface area (Å²) >= 11 is 0. The van der Waals surface area contributed by atoms with Gasteiger partial charge in [0.05, 0.1) is 61.6 Å². The monoisotopic (exact) mass is 858 g/mol. The van der Waals surface area contributed by atoms with Gasteiger partial charge in [-0.15, -0.1) is 0 Å². The van der Waals surface area contributed by atoms with Crippen molar-refractivity contribution in [2.75, 3.05) is 14.2 Å². The number of hydrogen-bond acceptors (Lipinski definition) is 12. The number of aliphatic hydroxyl groups excluding tert-OH is 1. The summed E-state index contributed by atoms with van der Waals surface area (Å²) in [6.45, 7) is 6.26. The first-order chi connectivity index (χ1) is 29.9. The lowest BCUT2D eigenvalue weighted by molar-refractivity contribution is 0.282. The highest BCUT2D eigenvalue weighted by Crippen LogP contribution is 2.35. The fourth-order valence-corrected chi connectivity index (χ4v) is 7.04. The third kappa shape index (κ3) is 9.77. The number of para-hydroxylation sites is 4. The number of aromatic nitrogens is 10. The van der Waals surface area contributed by atoms with Crippen molar-refractivity contribution < 1.29 is 19.3 Å². The molecule has 0 radical (unpaired) electrons. The Morgan fingerprint density at radius 3 is 1.59 bits per heavy atom. The van der Waals surface area contributed by atoms with Crippen molar-refractivity contribution >= 4 is 44.1 Å². The Morgan fingerprint density at radius 1 is 0.547 bits per heavy atom. The zero-order chi connectivity index (χ0) is 42.3. The van der Waals surface area contributed by atoms with Crippen LogP contribution in [0.5, 0.6) is 17.4 Å². The van der Waals surface area contributed by atoms with E-state index in [9.17, 15) is 5.11 Å². The summed E-state index contributed by atoms with van der Waals surface area (Å²) in [5.41, 5.74) is 13.1. The predicted molar refractivity (Wildman–Crippen MR) is 255 cm³/mol. The summed E-state index contributed by atoms with van der Waals surface area (Å²) in [4.78, 5) is 40.2. The summed E-state index contributed by atoms with van der Waals surface area (Å²) in [6.07, 6.45) is 6.15. The van der Waals surface area contributed by atoms with Gasteiger partial charge in [0.25, 0.3) is 0 Å². The number of H-pyrrole nitrogens is 2. The van der Waals surface area contributed by atoms with Gasteiger partial charge in [-0.25, -0.2) is 34.9 Å². The molecular weight excluding hydrogens is 805 g/mol. The largest absolute Gasteiger partial charge is 0.496 e. The van der Waals surface area contributed by atoms with E-state index in [1.807, 2.05) is 92.7 Å². The van der Waals surface area contributed by atoms with Crippen LogP contribution >= 0.6 is 0 Å². The molecule has 0 amide bonds. The van der Waals surface area contributed by atoms with Crippen LogP contribution in [0.1, 0.15) is 50.2 Å². The first-order valence-electron chi connectivity index (χ1n) is 19.4. The standard InChI is InChI=1S/C23H19N5O2.C18H17NO2.C6H6N4.3CH4/c1-14-6-5-7-15-10-16(11-30-23-21-22(25-12-24-21)26-13-27-23)20(28-19(14)15)17-8-3-4-9-18(17)29-2;1-12-6-5-7-13-10-14(11-20)18(19-17(12)13)15-8-3-4-9-16(15)21-2;1-4-5-6(9-2-7-4)10-3-8-5;;;/h3-10,12-13H,11H2,1-2H3,(H,24,25,26,27);3-10,20H,11H2,1-2H3;2-3H,1H3,(H,7,8,9,10);3*1H4. The van der Waals surface area contributed by atoms with Crippen LogP contribution in [0.3, 0.4) is 0 Å². The molecule has 14 nitrogen and oxygen atoms in total. The minimum absolute atomic E-state index is 0. The van der Waals surface area contributed by atoms with Crippen LogP contribution in [0.2, 0.25) is 0 Å². The molecule has 64 heavy (non-hydrogen) atoms. The molecule has 0 bridgehead atoms. The Labute approximate surface area is 372 Å². The van der Waals surface area contributed by atoms with Gasteiger partial charge in [0, 0.05) is 33.0 Å². The SMILES string of the molecule is C.C.C.COc1ccccc1-c1nc2c(C)cccc2cc1CO.COc1ccccc1-c1nc2c(C)cccc2cc1COc1ncnc2nc[nH]c12.Cc1ncnc2nc[nH]c12. The highest BCUT2D eigenvalue weighted by Gasteiger charge is 2.17. The predicted octanol–water partition coefficient (Wildman–Crippen LogP) is 10.7. The molecule has 0 atom stereocenters. The summed E-state index contributed by atoms with van der Waals surface area (Å²) in [6, 6.07) is 31.9. The Balaban J connectivity index is 0.000000197. The average Bonchev–Trinajstić information content (AvgIpc) is 4.00. The van der Waals surface area contributed by atoms with Gasteiger partial charge in [-0.1, -0.05) is 82.9 Å². The van der Waals surface area contributed by atoms with Gasteiger partial charge in [-0.2, -0.15) is 4.98 Å². The number of methoxy groups -OCH3 is 2. The summed E-state index contributed by atoms with van der Waals surface area (Å²) in [5.74, 6) is 1.97.